The van der Waals surface area contributed by atoms with E-state index in [0.29, 0.717) is 0 Å². The molecule has 4 rings (SSSR count). The first-order chi connectivity index (χ1) is 10.2. The summed E-state index contributed by atoms with van der Waals surface area (Å²) in [4.78, 5) is 4.53. The molecule has 0 atom stereocenters. The number of furan rings is 1. The van der Waals surface area contributed by atoms with E-state index in [9.17, 15) is 0 Å². The van der Waals surface area contributed by atoms with Gasteiger partial charge in [-0.05, 0) is 43.2 Å². The summed E-state index contributed by atoms with van der Waals surface area (Å²) >= 11 is 0. The van der Waals surface area contributed by atoms with E-state index in [1.165, 1.54) is 11.1 Å². The molecule has 0 N–H and O–H groups in total. The van der Waals surface area contributed by atoms with Gasteiger partial charge in [-0.25, -0.2) is 0 Å². The lowest BCUT2D eigenvalue weighted by Crippen LogP contribution is -1.88. The molecule has 0 bridgehead atoms. The molecule has 0 saturated heterocycles. The van der Waals surface area contributed by atoms with Crippen LogP contribution >= 0.6 is 0 Å². The molecule has 2 heteroatoms. The smallest absolute Gasteiger partial charge is 0.145 e. The van der Waals surface area contributed by atoms with Crippen molar-refractivity contribution in [1.29, 1.82) is 0 Å². The van der Waals surface area contributed by atoms with E-state index in [0.717, 1.165) is 33.2 Å². The summed E-state index contributed by atoms with van der Waals surface area (Å²) in [7, 11) is 0. The van der Waals surface area contributed by atoms with Crippen LogP contribution in [0.3, 0.4) is 0 Å². The average molecular weight is 273 g/mol. The fraction of sp³-hybridized carbons (Fsp3) is 0.105. The molecule has 0 aliphatic carbocycles. The van der Waals surface area contributed by atoms with Gasteiger partial charge >= 0.3 is 0 Å². The molecule has 4 aromatic rings. The molecule has 0 spiro atoms. The van der Waals surface area contributed by atoms with Crippen molar-refractivity contribution >= 4 is 21.9 Å². The van der Waals surface area contributed by atoms with Gasteiger partial charge in [-0.15, -0.1) is 0 Å². The Labute approximate surface area is 123 Å². The second kappa shape index (κ2) is 4.45. The van der Waals surface area contributed by atoms with Gasteiger partial charge in [0.25, 0.3) is 0 Å². The molecule has 21 heavy (non-hydrogen) atoms. The van der Waals surface area contributed by atoms with Crippen LogP contribution in [0.15, 0.2) is 59.1 Å². The number of fused-ring (bicyclic) bond motifs is 3. The van der Waals surface area contributed by atoms with Crippen molar-refractivity contribution in [2.24, 2.45) is 0 Å². The van der Waals surface area contributed by atoms with Crippen LogP contribution in [0, 0.1) is 13.8 Å². The number of rotatable bonds is 1. The van der Waals surface area contributed by atoms with Gasteiger partial charge in [-0.3, -0.25) is 4.98 Å². The molecular formula is C19H15NO. The molecular weight excluding hydrogens is 258 g/mol. The van der Waals surface area contributed by atoms with Crippen molar-refractivity contribution in [2.45, 2.75) is 13.8 Å². The Morgan fingerprint density at radius 2 is 1.76 bits per heavy atom. The molecule has 2 aromatic heterocycles. The zero-order valence-electron chi connectivity index (χ0n) is 12.1. The topological polar surface area (TPSA) is 26.0 Å². The third-order valence-corrected chi connectivity index (χ3v) is 3.93. The molecule has 2 heterocycles. The van der Waals surface area contributed by atoms with Crippen LogP contribution in [-0.2, 0) is 0 Å². The number of aromatic nitrogens is 1. The van der Waals surface area contributed by atoms with Crippen molar-refractivity contribution < 1.29 is 4.42 Å². The number of hydrogen-bond donors (Lipinski definition) is 0. The molecule has 2 nitrogen and oxygen atoms in total. The Kier molecular flexibility index (Phi) is 2.58. The zero-order chi connectivity index (χ0) is 14.4. The van der Waals surface area contributed by atoms with E-state index in [1.54, 1.807) is 0 Å². The minimum Gasteiger partial charge on any atom is -0.455 e. The average Bonchev–Trinajstić information content (AvgIpc) is 2.85. The van der Waals surface area contributed by atoms with Gasteiger partial charge in [-0.1, -0.05) is 30.3 Å². The lowest BCUT2D eigenvalue weighted by atomic mass is 10.0. The van der Waals surface area contributed by atoms with Gasteiger partial charge in [0.15, 0.2) is 0 Å². The van der Waals surface area contributed by atoms with Crippen molar-refractivity contribution in [3.05, 3.63) is 65.9 Å². The van der Waals surface area contributed by atoms with E-state index in [-0.39, 0.29) is 0 Å². The van der Waals surface area contributed by atoms with E-state index in [2.05, 4.69) is 43.1 Å². The lowest BCUT2D eigenvalue weighted by molar-refractivity contribution is 0.669. The lowest BCUT2D eigenvalue weighted by Gasteiger charge is -2.06. The van der Waals surface area contributed by atoms with E-state index in [4.69, 9.17) is 4.42 Å². The maximum Gasteiger partial charge on any atom is 0.145 e. The highest BCUT2D eigenvalue weighted by Crippen LogP contribution is 2.37. The maximum absolute atomic E-state index is 6.12. The quantitative estimate of drug-likeness (QED) is 0.472. The molecule has 0 amide bonds. The monoisotopic (exact) mass is 273 g/mol. The summed E-state index contributed by atoms with van der Waals surface area (Å²) in [5, 5.41) is 2.30. The van der Waals surface area contributed by atoms with Gasteiger partial charge in [0.05, 0.1) is 5.69 Å². The molecule has 0 aliphatic heterocycles. The highest BCUT2D eigenvalue weighted by Gasteiger charge is 2.15. The summed E-state index contributed by atoms with van der Waals surface area (Å²) in [5.41, 5.74) is 6.29. The number of aryl methyl sites for hydroxylation is 2. The highest BCUT2D eigenvalue weighted by atomic mass is 16.3. The van der Waals surface area contributed by atoms with Crippen molar-refractivity contribution in [1.82, 2.24) is 4.98 Å². The third kappa shape index (κ3) is 1.83. The summed E-state index contributed by atoms with van der Waals surface area (Å²) in [5.74, 6) is 0. The predicted octanol–water partition coefficient (Wildman–Crippen LogP) is 5.26. The Balaban J connectivity index is 2.14. The standard InChI is InChI=1S/C19H15NO/c1-12-9-10-20-16(11-12)18-13(2)7-8-15-14-5-3-4-6-17(14)21-19(15)18/h3-11H,1-2H3. The maximum atomic E-state index is 6.12. The molecule has 0 saturated carbocycles. The van der Waals surface area contributed by atoms with Crippen LogP contribution < -0.4 is 0 Å². The molecule has 0 aliphatic rings. The summed E-state index contributed by atoms with van der Waals surface area (Å²) in [6, 6.07) is 16.6. The van der Waals surface area contributed by atoms with Gasteiger partial charge in [0.1, 0.15) is 11.2 Å². The zero-order valence-corrected chi connectivity index (χ0v) is 12.1. The van der Waals surface area contributed by atoms with E-state index in [1.807, 2.05) is 30.5 Å². The van der Waals surface area contributed by atoms with Crippen LogP contribution in [0.5, 0.6) is 0 Å². The van der Waals surface area contributed by atoms with Gasteiger partial charge in [0.2, 0.25) is 0 Å². The number of pyridine rings is 1. The molecule has 102 valence electrons. The first-order valence-electron chi connectivity index (χ1n) is 7.08. The number of nitrogens with zero attached hydrogens (tertiary/aromatic N) is 1. The van der Waals surface area contributed by atoms with Crippen LogP contribution in [0.4, 0.5) is 0 Å². The molecule has 0 fully saturated rings. The fourth-order valence-electron chi connectivity index (χ4n) is 2.88. The largest absolute Gasteiger partial charge is 0.455 e. The Morgan fingerprint density at radius 1 is 0.905 bits per heavy atom. The van der Waals surface area contributed by atoms with Crippen LogP contribution in [-0.4, -0.2) is 4.98 Å². The van der Waals surface area contributed by atoms with Crippen LogP contribution in [0.1, 0.15) is 11.1 Å². The van der Waals surface area contributed by atoms with Gasteiger partial charge in [-0.2, -0.15) is 0 Å². The first-order valence-corrected chi connectivity index (χ1v) is 7.08. The van der Waals surface area contributed by atoms with Gasteiger partial charge < -0.3 is 4.42 Å². The highest BCUT2D eigenvalue weighted by molar-refractivity contribution is 6.09. The summed E-state index contributed by atoms with van der Waals surface area (Å²) in [6.07, 6.45) is 1.85. The Hall–Kier alpha value is -2.61. The van der Waals surface area contributed by atoms with E-state index >= 15 is 0 Å². The minimum atomic E-state index is 0.923. The Bertz CT molecular complexity index is 966. The SMILES string of the molecule is Cc1ccnc(-c2c(C)ccc3c2oc2ccccc23)c1. The first kappa shape index (κ1) is 12.2. The summed E-state index contributed by atoms with van der Waals surface area (Å²) in [6.45, 7) is 4.19. The predicted molar refractivity (Wildman–Crippen MR) is 86.4 cm³/mol. The van der Waals surface area contributed by atoms with E-state index < -0.39 is 0 Å². The number of para-hydroxylation sites is 1. The number of benzene rings is 2. The van der Waals surface area contributed by atoms with Crippen LogP contribution in [0.25, 0.3) is 33.2 Å². The normalized spacial score (nSPS) is 11.3. The van der Waals surface area contributed by atoms with Crippen LogP contribution in [0.2, 0.25) is 0 Å². The van der Waals surface area contributed by atoms with Crippen molar-refractivity contribution in [3.8, 4) is 11.3 Å². The minimum absolute atomic E-state index is 0.923. The summed E-state index contributed by atoms with van der Waals surface area (Å²) < 4.78 is 6.12. The Morgan fingerprint density at radius 3 is 2.62 bits per heavy atom. The fourth-order valence-corrected chi connectivity index (χ4v) is 2.88. The molecule has 2 aromatic carbocycles. The number of hydrogen-bond acceptors (Lipinski definition) is 2. The second-order valence-corrected chi connectivity index (χ2v) is 5.45. The molecule has 0 radical (unpaired) electrons. The third-order valence-electron chi connectivity index (χ3n) is 3.93. The van der Waals surface area contributed by atoms with Gasteiger partial charge in [0, 0.05) is 22.5 Å². The van der Waals surface area contributed by atoms with Crippen molar-refractivity contribution in [3.63, 3.8) is 0 Å². The van der Waals surface area contributed by atoms with Crippen molar-refractivity contribution in [2.75, 3.05) is 0 Å². The molecule has 0 unspecified atom stereocenters. The second-order valence-electron chi connectivity index (χ2n) is 5.45.